The van der Waals surface area contributed by atoms with Crippen molar-refractivity contribution in [2.45, 2.75) is 25.8 Å². The monoisotopic (exact) mass is 222 g/mol. The molecule has 0 bridgehead atoms. The summed E-state index contributed by atoms with van der Waals surface area (Å²) in [6, 6.07) is 4.05. The van der Waals surface area contributed by atoms with Gasteiger partial charge in [0.15, 0.2) is 0 Å². The van der Waals surface area contributed by atoms with Gasteiger partial charge in [-0.3, -0.25) is 9.69 Å². The SMILES string of the molecule is CC(=O)NCC(c1ccco1)N1CCCC1. The van der Waals surface area contributed by atoms with E-state index in [0.29, 0.717) is 6.54 Å². The van der Waals surface area contributed by atoms with Gasteiger partial charge < -0.3 is 9.73 Å². The minimum absolute atomic E-state index is 0.00996. The Morgan fingerprint density at radius 2 is 2.31 bits per heavy atom. The molecule has 0 saturated carbocycles. The van der Waals surface area contributed by atoms with Crippen LogP contribution in [-0.4, -0.2) is 30.4 Å². The van der Waals surface area contributed by atoms with Gasteiger partial charge in [-0.2, -0.15) is 0 Å². The predicted octanol–water partition coefficient (Wildman–Crippen LogP) is 1.55. The van der Waals surface area contributed by atoms with Crippen LogP contribution in [0, 0.1) is 0 Å². The summed E-state index contributed by atoms with van der Waals surface area (Å²) in [6.07, 6.45) is 4.15. The second kappa shape index (κ2) is 5.16. The Hall–Kier alpha value is -1.29. The molecule has 4 heteroatoms. The van der Waals surface area contributed by atoms with Crippen LogP contribution in [0.5, 0.6) is 0 Å². The van der Waals surface area contributed by atoms with E-state index in [1.54, 1.807) is 13.2 Å². The van der Waals surface area contributed by atoms with E-state index in [-0.39, 0.29) is 11.9 Å². The largest absolute Gasteiger partial charge is 0.468 e. The highest BCUT2D eigenvalue weighted by Gasteiger charge is 2.25. The maximum Gasteiger partial charge on any atom is 0.216 e. The van der Waals surface area contributed by atoms with Crippen LogP contribution in [0.1, 0.15) is 31.6 Å². The molecule has 2 heterocycles. The highest BCUT2D eigenvalue weighted by Crippen LogP contribution is 2.24. The lowest BCUT2D eigenvalue weighted by Gasteiger charge is -2.25. The van der Waals surface area contributed by atoms with Gasteiger partial charge in [-0.1, -0.05) is 0 Å². The molecule has 1 aliphatic rings. The Morgan fingerprint density at radius 1 is 1.56 bits per heavy atom. The number of nitrogens with one attached hydrogen (secondary N) is 1. The van der Waals surface area contributed by atoms with Crippen molar-refractivity contribution in [2.24, 2.45) is 0 Å². The standard InChI is InChI=1S/C12H18N2O2/c1-10(15)13-9-11(12-5-4-8-16-12)14-6-2-3-7-14/h4-5,8,11H,2-3,6-7,9H2,1H3,(H,13,15). The van der Waals surface area contributed by atoms with Crippen LogP contribution in [0.25, 0.3) is 0 Å². The fourth-order valence-corrected chi connectivity index (χ4v) is 2.18. The molecule has 1 aliphatic heterocycles. The van der Waals surface area contributed by atoms with Crippen LogP contribution >= 0.6 is 0 Å². The third-order valence-electron chi connectivity index (χ3n) is 3.00. The first kappa shape index (κ1) is 11.2. The van der Waals surface area contributed by atoms with Crippen LogP contribution in [-0.2, 0) is 4.79 Å². The van der Waals surface area contributed by atoms with Crippen molar-refractivity contribution >= 4 is 5.91 Å². The fourth-order valence-electron chi connectivity index (χ4n) is 2.18. The van der Waals surface area contributed by atoms with Crippen LogP contribution in [0.15, 0.2) is 22.8 Å². The van der Waals surface area contributed by atoms with Crippen LogP contribution in [0.3, 0.4) is 0 Å². The zero-order valence-corrected chi connectivity index (χ0v) is 9.61. The number of hydrogen-bond donors (Lipinski definition) is 1. The molecular weight excluding hydrogens is 204 g/mol. The van der Waals surface area contributed by atoms with Crippen molar-refractivity contribution in [1.82, 2.24) is 10.2 Å². The van der Waals surface area contributed by atoms with Gasteiger partial charge in [0, 0.05) is 13.5 Å². The summed E-state index contributed by atoms with van der Waals surface area (Å²) in [5.74, 6) is 0.950. The van der Waals surface area contributed by atoms with E-state index in [1.807, 2.05) is 12.1 Å². The van der Waals surface area contributed by atoms with Gasteiger partial charge in [0.25, 0.3) is 0 Å². The molecule has 0 radical (unpaired) electrons. The van der Waals surface area contributed by atoms with Crippen LogP contribution in [0.2, 0.25) is 0 Å². The number of hydrogen-bond acceptors (Lipinski definition) is 3. The van der Waals surface area contributed by atoms with Gasteiger partial charge in [0.1, 0.15) is 5.76 Å². The molecule has 1 aromatic rings. The quantitative estimate of drug-likeness (QED) is 0.840. The van der Waals surface area contributed by atoms with Crippen molar-refractivity contribution in [3.8, 4) is 0 Å². The number of likely N-dealkylation sites (tertiary alicyclic amines) is 1. The lowest BCUT2D eigenvalue weighted by molar-refractivity contribution is -0.119. The summed E-state index contributed by atoms with van der Waals surface area (Å²) in [6.45, 7) is 4.35. The maximum atomic E-state index is 11.0. The van der Waals surface area contributed by atoms with E-state index in [9.17, 15) is 4.79 Å². The van der Waals surface area contributed by atoms with Crippen LogP contribution < -0.4 is 5.32 Å². The van der Waals surface area contributed by atoms with Crippen molar-refractivity contribution in [3.05, 3.63) is 24.2 Å². The van der Waals surface area contributed by atoms with E-state index >= 15 is 0 Å². The molecule has 0 aliphatic carbocycles. The van der Waals surface area contributed by atoms with Crippen molar-refractivity contribution in [1.29, 1.82) is 0 Å². The highest BCUT2D eigenvalue weighted by atomic mass is 16.3. The maximum absolute atomic E-state index is 11.0. The smallest absolute Gasteiger partial charge is 0.216 e. The summed E-state index contributed by atoms with van der Waals surface area (Å²) < 4.78 is 5.45. The third-order valence-corrected chi connectivity index (χ3v) is 3.00. The Morgan fingerprint density at radius 3 is 2.88 bits per heavy atom. The summed E-state index contributed by atoms with van der Waals surface area (Å²) in [5, 5.41) is 2.87. The Bertz CT molecular complexity index is 329. The van der Waals surface area contributed by atoms with E-state index in [4.69, 9.17) is 4.42 Å². The molecular formula is C12H18N2O2. The van der Waals surface area contributed by atoms with E-state index < -0.39 is 0 Å². The Labute approximate surface area is 95.6 Å². The summed E-state index contributed by atoms with van der Waals surface area (Å²) in [5.41, 5.74) is 0. The first-order valence-electron chi connectivity index (χ1n) is 5.79. The molecule has 1 unspecified atom stereocenters. The summed E-state index contributed by atoms with van der Waals surface area (Å²) in [4.78, 5) is 13.3. The van der Waals surface area contributed by atoms with Gasteiger partial charge in [-0.25, -0.2) is 0 Å². The number of rotatable bonds is 4. The summed E-state index contributed by atoms with van der Waals surface area (Å²) >= 11 is 0. The fraction of sp³-hybridized carbons (Fsp3) is 0.583. The molecule has 1 fully saturated rings. The molecule has 1 atom stereocenters. The number of nitrogens with zero attached hydrogens (tertiary/aromatic N) is 1. The second-order valence-electron chi connectivity index (χ2n) is 4.21. The van der Waals surface area contributed by atoms with Crippen molar-refractivity contribution in [2.75, 3.05) is 19.6 Å². The van der Waals surface area contributed by atoms with Crippen molar-refractivity contribution in [3.63, 3.8) is 0 Å². The topological polar surface area (TPSA) is 45.5 Å². The molecule has 88 valence electrons. The Balaban J connectivity index is 2.03. The van der Waals surface area contributed by atoms with Gasteiger partial charge in [0.05, 0.1) is 12.3 Å². The molecule has 2 rings (SSSR count). The average Bonchev–Trinajstić information content (AvgIpc) is 2.88. The third kappa shape index (κ3) is 2.64. The van der Waals surface area contributed by atoms with Crippen molar-refractivity contribution < 1.29 is 9.21 Å². The number of carbonyl (C=O) groups excluding carboxylic acids is 1. The molecule has 1 amide bonds. The first-order valence-corrected chi connectivity index (χ1v) is 5.79. The van der Waals surface area contributed by atoms with Gasteiger partial charge >= 0.3 is 0 Å². The zero-order valence-electron chi connectivity index (χ0n) is 9.61. The van der Waals surface area contributed by atoms with Gasteiger partial charge in [-0.05, 0) is 38.1 Å². The van der Waals surface area contributed by atoms with E-state index in [2.05, 4.69) is 10.2 Å². The molecule has 0 spiro atoms. The Kier molecular flexibility index (Phi) is 3.62. The molecule has 16 heavy (non-hydrogen) atoms. The normalized spacial score (nSPS) is 18.6. The second-order valence-corrected chi connectivity index (χ2v) is 4.21. The minimum Gasteiger partial charge on any atom is -0.468 e. The average molecular weight is 222 g/mol. The predicted molar refractivity (Wildman–Crippen MR) is 60.9 cm³/mol. The minimum atomic E-state index is 0.00996. The lowest BCUT2D eigenvalue weighted by atomic mass is 10.2. The lowest BCUT2D eigenvalue weighted by Crippen LogP contribution is -2.35. The van der Waals surface area contributed by atoms with E-state index in [0.717, 1.165) is 18.8 Å². The van der Waals surface area contributed by atoms with Gasteiger partial charge in [-0.15, -0.1) is 0 Å². The number of furan rings is 1. The van der Waals surface area contributed by atoms with Crippen LogP contribution in [0.4, 0.5) is 0 Å². The molecule has 1 saturated heterocycles. The highest BCUT2D eigenvalue weighted by molar-refractivity contribution is 5.72. The zero-order chi connectivity index (χ0) is 11.4. The number of amides is 1. The van der Waals surface area contributed by atoms with Gasteiger partial charge in [0.2, 0.25) is 5.91 Å². The molecule has 0 aromatic carbocycles. The summed E-state index contributed by atoms with van der Waals surface area (Å²) in [7, 11) is 0. The first-order chi connectivity index (χ1) is 7.77. The van der Waals surface area contributed by atoms with E-state index in [1.165, 1.54) is 12.8 Å². The molecule has 1 N–H and O–H groups in total. The molecule has 4 nitrogen and oxygen atoms in total. The number of carbonyl (C=O) groups is 1. The molecule has 1 aromatic heterocycles.